The Kier molecular flexibility index (Phi) is 5.17. The number of benzene rings is 1. The monoisotopic (exact) mass is 314 g/mol. The van der Waals surface area contributed by atoms with Crippen LogP contribution in [0.25, 0.3) is 0 Å². The zero-order chi connectivity index (χ0) is 15.4. The lowest BCUT2D eigenvalue weighted by atomic mass is 10.1. The first kappa shape index (κ1) is 15.8. The number of nitrogens with zero attached hydrogens (tertiary/aromatic N) is 1. The first-order chi connectivity index (χ1) is 10.0. The lowest BCUT2D eigenvalue weighted by Gasteiger charge is -2.15. The van der Waals surface area contributed by atoms with Gasteiger partial charge in [0, 0.05) is 24.4 Å². The number of carbonyl (C=O) groups is 2. The minimum Gasteiger partial charge on any atom is -0.342 e. The molecular formula is C14H16F2N2O2S. The summed E-state index contributed by atoms with van der Waals surface area (Å²) in [6.45, 7) is 2.80. The largest absolute Gasteiger partial charge is 0.342 e. The zero-order valence-electron chi connectivity index (χ0n) is 11.5. The summed E-state index contributed by atoms with van der Waals surface area (Å²) in [6.07, 6.45) is 0.170. The second-order valence-electron chi connectivity index (χ2n) is 4.70. The lowest BCUT2D eigenvalue weighted by Crippen LogP contribution is -2.28. The van der Waals surface area contributed by atoms with Gasteiger partial charge in [-0.05, 0) is 19.1 Å². The summed E-state index contributed by atoms with van der Waals surface area (Å²) in [5, 5.41) is 2.65. The highest BCUT2D eigenvalue weighted by Gasteiger charge is 2.33. The fourth-order valence-electron chi connectivity index (χ4n) is 2.26. The van der Waals surface area contributed by atoms with Gasteiger partial charge in [-0.25, -0.2) is 0 Å². The van der Waals surface area contributed by atoms with E-state index >= 15 is 0 Å². The Morgan fingerprint density at radius 3 is 2.81 bits per heavy atom. The van der Waals surface area contributed by atoms with Crippen molar-refractivity contribution in [3.8, 4) is 0 Å². The summed E-state index contributed by atoms with van der Waals surface area (Å²) in [5.41, 5.74) is 0.357. The van der Waals surface area contributed by atoms with E-state index in [2.05, 4.69) is 5.32 Å². The summed E-state index contributed by atoms with van der Waals surface area (Å²) >= 11 is 0.390. The number of thioether (sulfide) groups is 1. The molecule has 1 heterocycles. The summed E-state index contributed by atoms with van der Waals surface area (Å²) < 4.78 is 25.0. The van der Waals surface area contributed by atoms with E-state index in [9.17, 15) is 18.4 Å². The maximum Gasteiger partial charge on any atom is 0.288 e. The van der Waals surface area contributed by atoms with E-state index in [1.807, 2.05) is 6.92 Å². The van der Waals surface area contributed by atoms with Crippen LogP contribution in [0.4, 0.5) is 14.5 Å². The van der Waals surface area contributed by atoms with Crippen molar-refractivity contribution in [2.75, 3.05) is 18.4 Å². The normalized spacial score (nSPS) is 18.4. The smallest absolute Gasteiger partial charge is 0.288 e. The van der Waals surface area contributed by atoms with E-state index in [1.54, 1.807) is 23.1 Å². The molecule has 114 valence electrons. The van der Waals surface area contributed by atoms with Crippen molar-refractivity contribution in [3.63, 3.8) is 0 Å². The van der Waals surface area contributed by atoms with E-state index in [4.69, 9.17) is 0 Å². The highest BCUT2D eigenvalue weighted by molar-refractivity contribution is 7.99. The predicted octanol–water partition coefficient (Wildman–Crippen LogP) is 2.81. The van der Waals surface area contributed by atoms with E-state index in [0.717, 1.165) is 0 Å². The fourth-order valence-corrected chi connectivity index (χ4v) is 2.85. The van der Waals surface area contributed by atoms with Gasteiger partial charge >= 0.3 is 0 Å². The maximum atomic E-state index is 12.5. The van der Waals surface area contributed by atoms with Crippen molar-refractivity contribution in [3.05, 3.63) is 24.3 Å². The van der Waals surface area contributed by atoms with Gasteiger partial charge in [-0.3, -0.25) is 9.59 Å². The number of para-hydroxylation sites is 1. The van der Waals surface area contributed by atoms with Gasteiger partial charge in [0.25, 0.3) is 5.76 Å². The van der Waals surface area contributed by atoms with E-state index in [1.165, 1.54) is 6.07 Å². The van der Waals surface area contributed by atoms with Crippen LogP contribution in [0.2, 0.25) is 0 Å². The van der Waals surface area contributed by atoms with Gasteiger partial charge in [0.2, 0.25) is 11.8 Å². The molecule has 1 aliphatic rings. The second-order valence-corrected chi connectivity index (χ2v) is 5.73. The molecule has 1 aromatic rings. The Hall–Kier alpha value is -1.63. The molecule has 4 nitrogen and oxygen atoms in total. The summed E-state index contributed by atoms with van der Waals surface area (Å²) in [6, 6.07) is 6.42. The van der Waals surface area contributed by atoms with Crippen molar-refractivity contribution in [1.82, 2.24) is 4.90 Å². The molecule has 1 fully saturated rings. The van der Waals surface area contributed by atoms with E-state index < -0.39 is 11.7 Å². The summed E-state index contributed by atoms with van der Waals surface area (Å²) in [5.74, 6) is -3.33. The molecule has 0 saturated carbocycles. The van der Waals surface area contributed by atoms with Crippen LogP contribution in [0.5, 0.6) is 0 Å². The summed E-state index contributed by atoms with van der Waals surface area (Å²) in [7, 11) is 0. The molecule has 7 heteroatoms. The standard InChI is InChI=1S/C14H16F2N2O2S/c1-2-18-8-9(7-12(18)19)13(20)17-10-5-3-4-6-11(10)21-14(15)16/h3-6,9,14H,2,7-8H2,1H3,(H,17,20). The molecule has 1 atom stereocenters. The van der Waals surface area contributed by atoms with E-state index in [0.29, 0.717) is 35.4 Å². The summed E-state index contributed by atoms with van der Waals surface area (Å²) in [4.78, 5) is 25.7. The maximum absolute atomic E-state index is 12.5. The molecule has 2 rings (SSSR count). The van der Waals surface area contributed by atoms with Crippen molar-refractivity contribution in [2.24, 2.45) is 5.92 Å². The molecule has 21 heavy (non-hydrogen) atoms. The number of hydrogen-bond acceptors (Lipinski definition) is 3. The van der Waals surface area contributed by atoms with Gasteiger partial charge in [-0.15, -0.1) is 0 Å². The Bertz CT molecular complexity index is 539. The third-order valence-corrected chi connectivity index (χ3v) is 4.12. The zero-order valence-corrected chi connectivity index (χ0v) is 12.3. The van der Waals surface area contributed by atoms with Crippen molar-refractivity contribution < 1.29 is 18.4 Å². The molecule has 2 amide bonds. The number of rotatable bonds is 5. The number of carbonyl (C=O) groups excluding carboxylic acids is 2. The molecule has 0 aromatic heterocycles. The quantitative estimate of drug-likeness (QED) is 0.850. The Balaban J connectivity index is 2.05. The number of amides is 2. The van der Waals surface area contributed by atoms with E-state index in [-0.39, 0.29) is 18.2 Å². The van der Waals surface area contributed by atoms with Crippen LogP contribution in [0, 0.1) is 5.92 Å². The average Bonchev–Trinajstić information content (AvgIpc) is 2.81. The van der Waals surface area contributed by atoms with Crippen molar-refractivity contribution in [2.45, 2.75) is 24.0 Å². The van der Waals surface area contributed by atoms with Crippen LogP contribution >= 0.6 is 11.8 Å². The number of halogens is 2. The topological polar surface area (TPSA) is 49.4 Å². The van der Waals surface area contributed by atoms with Gasteiger partial charge in [-0.1, -0.05) is 23.9 Å². The predicted molar refractivity (Wildman–Crippen MR) is 77.3 cm³/mol. The lowest BCUT2D eigenvalue weighted by molar-refractivity contribution is -0.128. The molecule has 1 unspecified atom stereocenters. The number of anilines is 1. The molecule has 1 N–H and O–H groups in total. The molecule has 0 aliphatic carbocycles. The number of hydrogen-bond donors (Lipinski definition) is 1. The minimum atomic E-state index is -2.55. The Morgan fingerprint density at radius 1 is 1.48 bits per heavy atom. The molecule has 0 radical (unpaired) electrons. The highest BCUT2D eigenvalue weighted by Crippen LogP contribution is 2.32. The van der Waals surface area contributed by atoms with Crippen LogP contribution in [0.1, 0.15) is 13.3 Å². The molecule has 0 bridgehead atoms. The Labute approximate surface area is 125 Å². The van der Waals surface area contributed by atoms with Crippen LogP contribution in [-0.4, -0.2) is 35.6 Å². The van der Waals surface area contributed by atoms with Gasteiger partial charge in [-0.2, -0.15) is 8.78 Å². The van der Waals surface area contributed by atoms with Crippen LogP contribution in [-0.2, 0) is 9.59 Å². The average molecular weight is 314 g/mol. The fraction of sp³-hybridized carbons (Fsp3) is 0.429. The van der Waals surface area contributed by atoms with Crippen LogP contribution in [0.15, 0.2) is 29.2 Å². The SMILES string of the molecule is CCN1CC(C(=O)Nc2ccccc2SC(F)F)CC1=O. The number of likely N-dealkylation sites (tertiary alicyclic amines) is 1. The van der Waals surface area contributed by atoms with Gasteiger partial charge in [0.15, 0.2) is 0 Å². The third-order valence-electron chi connectivity index (χ3n) is 3.33. The molecular weight excluding hydrogens is 298 g/mol. The van der Waals surface area contributed by atoms with Gasteiger partial charge in [0.1, 0.15) is 0 Å². The first-order valence-electron chi connectivity index (χ1n) is 6.63. The molecule has 0 spiro atoms. The number of nitrogens with one attached hydrogen (secondary N) is 1. The first-order valence-corrected chi connectivity index (χ1v) is 7.51. The Morgan fingerprint density at radius 2 is 2.19 bits per heavy atom. The van der Waals surface area contributed by atoms with Crippen LogP contribution < -0.4 is 5.32 Å². The second kappa shape index (κ2) is 6.89. The molecule has 1 saturated heterocycles. The third kappa shape index (κ3) is 3.93. The highest BCUT2D eigenvalue weighted by atomic mass is 32.2. The molecule has 1 aromatic carbocycles. The van der Waals surface area contributed by atoms with Crippen molar-refractivity contribution >= 4 is 29.3 Å². The van der Waals surface area contributed by atoms with Crippen molar-refractivity contribution in [1.29, 1.82) is 0 Å². The minimum absolute atomic E-state index is 0.0482. The number of alkyl halides is 2. The van der Waals surface area contributed by atoms with Gasteiger partial charge < -0.3 is 10.2 Å². The van der Waals surface area contributed by atoms with Crippen LogP contribution in [0.3, 0.4) is 0 Å². The molecule has 1 aliphatic heterocycles. The van der Waals surface area contributed by atoms with Gasteiger partial charge in [0.05, 0.1) is 11.6 Å².